The van der Waals surface area contributed by atoms with Gasteiger partial charge in [0.15, 0.2) is 0 Å². The SMILES string of the molecule is CCOC1(C(N)c2ccnn2C)CCC(C)CC1. The fourth-order valence-corrected chi connectivity index (χ4v) is 3.04. The van der Waals surface area contributed by atoms with Crippen LogP contribution in [0.15, 0.2) is 12.3 Å². The molecule has 102 valence electrons. The molecule has 0 amide bonds. The van der Waals surface area contributed by atoms with Gasteiger partial charge < -0.3 is 10.5 Å². The molecule has 0 bridgehead atoms. The van der Waals surface area contributed by atoms with Crippen LogP contribution in [0.1, 0.15) is 51.3 Å². The highest BCUT2D eigenvalue weighted by atomic mass is 16.5. The average molecular weight is 251 g/mol. The molecule has 0 saturated heterocycles. The van der Waals surface area contributed by atoms with E-state index in [9.17, 15) is 0 Å². The van der Waals surface area contributed by atoms with E-state index in [1.165, 1.54) is 12.8 Å². The summed E-state index contributed by atoms with van der Waals surface area (Å²) in [6.07, 6.45) is 6.31. The molecular weight excluding hydrogens is 226 g/mol. The minimum Gasteiger partial charge on any atom is -0.373 e. The van der Waals surface area contributed by atoms with Gasteiger partial charge in [-0.2, -0.15) is 5.10 Å². The summed E-state index contributed by atoms with van der Waals surface area (Å²) in [5.74, 6) is 0.789. The van der Waals surface area contributed by atoms with Crippen molar-refractivity contribution in [1.29, 1.82) is 0 Å². The van der Waals surface area contributed by atoms with E-state index in [1.54, 1.807) is 6.20 Å². The Hall–Kier alpha value is -0.870. The van der Waals surface area contributed by atoms with Gasteiger partial charge in [0.25, 0.3) is 0 Å². The number of hydrogen-bond acceptors (Lipinski definition) is 3. The molecule has 2 rings (SSSR count). The maximum absolute atomic E-state index is 6.50. The van der Waals surface area contributed by atoms with E-state index < -0.39 is 0 Å². The first kappa shape index (κ1) is 13.6. The first-order valence-electron chi connectivity index (χ1n) is 6.96. The molecule has 1 aliphatic rings. The molecule has 1 atom stereocenters. The van der Waals surface area contributed by atoms with Crippen LogP contribution in [0.2, 0.25) is 0 Å². The molecule has 18 heavy (non-hydrogen) atoms. The van der Waals surface area contributed by atoms with Gasteiger partial charge in [-0.05, 0) is 44.6 Å². The van der Waals surface area contributed by atoms with Crippen LogP contribution in [-0.2, 0) is 11.8 Å². The second-order valence-corrected chi connectivity index (χ2v) is 5.54. The molecule has 0 aliphatic heterocycles. The molecule has 2 N–H and O–H groups in total. The molecule has 0 radical (unpaired) electrons. The molecule has 1 aromatic heterocycles. The van der Waals surface area contributed by atoms with Crippen LogP contribution in [0, 0.1) is 5.92 Å². The third-order valence-electron chi connectivity index (χ3n) is 4.30. The van der Waals surface area contributed by atoms with Crippen LogP contribution in [0.5, 0.6) is 0 Å². The summed E-state index contributed by atoms with van der Waals surface area (Å²) < 4.78 is 7.96. The van der Waals surface area contributed by atoms with E-state index in [4.69, 9.17) is 10.5 Å². The minimum atomic E-state index is -0.199. The first-order chi connectivity index (χ1) is 8.59. The number of aromatic nitrogens is 2. The molecule has 1 fully saturated rings. The number of nitrogens with two attached hydrogens (primary N) is 1. The maximum Gasteiger partial charge on any atom is 0.0889 e. The van der Waals surface area contributed by atoms with Crippen molar-refractivity contribution in [3.05, 3.63) is 18.0 Å². The van der Waals surface area contributed by atoms with Crippen molar-refractivity contribution >= 4 is 0 Å². The molecule has 1 aliphatic carbocycles. The highest BCUT2D eigenvalue weighted by Crippen LogP contribution is 2.41. The van der Waals surface area contributed by atoms with E-state index in [0.29, 0.717) is 0 Å². The van der Waals surface area contributed by atoms with E-state index in [0.717, 1.165) is 31.1 Å². The quantitative estimate of drug-likeness (QED) is 0.894. The lowest BCUT2D eigenvalue weighted by atomic mass is 9.74. The highest BCUT2D eigenvalue weighted by molar-refractivity contribution is 5.13. The number of nitrogens with zero attached hydrogens (tertiary/aromatic N) is 2. The number of ether oxygens (including phenoxy) is 1. The van der Waals surface area contributed by atoms with Crippen LogP contribution < -0.4 is 5.73 Å². The van der Waals surface area contributed by atoms with Gasteiger partial charge in [0.05, 0.1) is 17.3 Å². The van der Waals surface area contributed by atoms with Gasteiger partial charge in [-0.25, -0.2) is 0 Å². The maximum atomic E-state index is 6.50. The van der Waals surface area contributed by atoms with Crippen LogP contribution in [0.3, 0.4) is 0 Å². The monoisotopic (exact) mass is 251 g/mol. The van der Waals surface area contributed by atoms with Crippen molar-refractivity contribution in [3.63, 3.8) is 0 Å². The zero-order chi connectivity index (χ0) is 13.2. The molecule has 1 aromatic rings. The van der Waals surface area contributed by atoms with Crippen molar-refractivity contribution in [2.24, 2.45) is 18.7 Å². The minimum absolute atomic E-state index is 0.0857. The summed E-state index contributed by atoms with van der Waals surface area (Å²) in [7, 11) is 1.94. The number of aryl methyl sites for hydroxylation is 1. The first-order valence-corrected chi connectivity index (χ1v) is 6.96. The normalized spacial score (nSPS) is 30.3. The Bertz CT molecular complexity index is 380. The second kappa shape index (κ2) is 5.41. The van der Waals surface area contributed by atoms with Crippen molar-refractivity contribution in [2.75, 3.05) is 6.61 Å². The number of rotatable bonds is 4. The largest absolute Gasteiger partial charge is 0.373 e. The second-order valence-electron chi connectivity index (χ2n) is 5.54. The zero-order valence-corrected chi connectivity index (χ0v) is 11.7. The Morgan fingerprint density at radius 2 is 2.22 bits per heavy atom. The lowest BCUT2D eigenvalue weighted by Gasteiger charge is -2.43. The fraction of sp³-hybridized carbons (Fsp3) is 0.786. The van der Waals surface area contributed by atoms with E-state index in [2.05, 4.69) is 18.9 Å². The lowest BCUT2D eigenvalue weighted by molar-refractivity contribution is -0.0910. The number of hydrogen-bond donors (Lipinski definition) is 1. The third-order valence-corrected chi connectivity index (χ3v) is 4.30. The standard InChI is InChI=1S/C14H25N3O/c1-4-18-14(8-5-11(2)6-9-14)13(15)12-7-10-16-17(12)3/h7,10-11,13H,4-6,8-9,15H2,1-3H3. The van der Waals surface area contributed by atoms with Crippen LogP contribution in [-0.4, -0.2) is 22.0 Å². The average Bonchev–Trinajstić information content (AvgIpc) is 2.78. The van der Waals surface area contributed by atoms with Crippen molar-refractivity contribution in [1.82, 2.24) is 9.78 Å². The third kappa shape index (κ3) is 2.45. The summed E-state index contributed by atoms with van der Waals surface area (Å²) in [5, 5.41) is 4.22. The van der Waals surface area contributed by atoms with E-state index >= 15 is 0 Å². The molecule has 1 heterocycles. The van der Waals surface area contributed by atoms with Crippen LogP contribution in [0.4, 0.5) is 0 Å². The molecule has 4 heteroatoms. The molecule has 1 unspecified atom stereocenters. The van der Waals surface area contributed by atoms with Crippen molar-refractivity contribution in [2.45, 2.75) is 51.2 Å². The van der Waals surface area contributed by atoms with Gasteiger partial charge >= 0.3 is 0 Å². The predicted octanol–water partition coefficient (Wildman–Crippen LogP) is 2.41. The topological polar surface area (TPSA) is 53.1 Å². The van der Waals surface area contributed by atoms with Gasteiger partial charge in [0, 0.05) is 19.9 Å². The van der Waals surface area contributed by atoms with Crippen molar-refractivity contribution < 1.29 is 4.74 Å². The molecule has 1 saturated carbocycles. The summed E-state index contributed by atoms with van der Waals surface area (Å²) in [4.78, 5) is 0. The van der Waals surface area contributed by atoms with Gasteiger partial charge in [0.2, 0.25) is 0 Å². The fourth-order valence-electron chi connectivity index (χ4n) is 3.04. The Balaban J connectivity index is 2.22. The summed E-state index contributed by atoms with van der Waals surface area (Å²) in [5.41, 5.74) is 7.36. The molecular formula is C14H25N3O. The molecule has 0 aromatic carbocycles. The summed E-state index contributed by atoms with van der Waals surface area (Å²) in [6, 6.07) is 1.92. The van der Waals surface area contributed by atoms with Crippen molar-refractivity contribution in [3.8, 4) is 0 Å². The van der Waals surface area contributed by atoms with Gasteiger partial charge in [-0.1, -0.05) is 6.92 Å². The summed E-state index contributed by atoms with van der Waals surface area (Å²) >= 11 is 0. The van der Waals surface area contributed by atoms with Gasteiger partial charge in [-0.3, -0.25) is 4.68 Å². The van der Waals surface area contributed by atoms with E-state index in [-0.39, 0.29) is 11.6 Å². The summed E-state index contributed by atoms with van der Waals surface area (Å²) in [6.45, 7) is 5.08. The molecule has 4 nitrogen and oxygen atoms in total. The predicted molar refractivity (Wildman–Crippen MR) is 72.1 cm³/mol. The van der Waals surface area contributed by atoms with E-state index in [1.807, 2.05) is 17.8 Å². The van der Waals surface area contributed by atoms with Gasteiger partial charge in [-0.15, -0.1) is 0 Å². The zero-order valence-electron chi connectivity index (χ0n) is 11.7. The van der Waals surface area contributed by atoms with Crippen LogP contribution in [0.25, 0.3) is 0 Å². The molecule has 0 spiro atoms. The lowest BCUT2D eigenvalue weighted by Crippen LogP contribution is -2.47. The Labute approximate surface area is 110 Å². The highest BCUT2D eigenvalue weighted by Gasteiger charge is 2.42. The van der Waals surface area contributed by atoms with Gasteiger partial charge in [0.1, 0.15) is 0 Å². The Morgan fingerprint density at radius 1 is 1.56 bits per heavy atom. The van der Waals surface area contributed by atoms with Crippen LogP contribution >= 0.6 is 0 Å². The Morgan fingerprint density at radius 3 is 2.72 bits per heavy atom. The Kier molecular flexibility index (Phi) is 4.07. The smallest absolute Gasteiger partial charge is 0.0889 e.